The second-order valence-corrected chi connectivity index (χ2v) is 5.37. The molecule has 1 aliphatic carbocycles. The number of aliphatic hydroxyl groups is 1. The number of rotatable bonds is 1. The molecule has 2 aliphatic rings. The van der Waals surface area contributed by atoms with Crippen molar-refractivity contribution in [3.05, 3.63) is 47.3 Å². The van der Waals surface area contributed by atoms with Crippen molar-refractivity contribution in [2.45, 2.75) is 19.0 Å². The third-order valence-electron chi connectivity index (χ3n) is 3.92. The Labute approximate surface area is 130 Å². The van der Waals surface area contributed by atoms with Gasteiger partial charge in [-0.15, -0.1) is 0 Å². The first-order chi connectivity index (χ1) is 10.8. The number of carbonyl (C=O) groups is 1. The molecular weight excluding hydrogens is 311 g/mol. The predicted molar refractivity (Wildman–Crippen MR) is 77.1 cm³/mol. The largest absolute Gasteiger partial charge is 0.490 e. The van der Waals surface area contributed by atoms with Crippen LogP contribution in [-0.4, -0.2) is 36.2 Å². The number of carbonyl (C=O) groups excluding carboxylic acids is 1. The molecule has 0 saturated carbocycles. The number of amides is 1. The van der Waals surface area contributed by atoms with Crippen molar-refractivity contribution in [1.82, 2.24) is 0 Å². The fourth-order valence-corrected chi connectivity index (χ4v) is 2.64. The Morgan fingerprint density at radius 1 is 1.43 bits per heavy atom. The van der Waals surface area contributed by atoms with Crippen molar-refractivity contribution in [3.63, 3.8) is 0 Å². The maximum absolute atomic E-state index is 13.9. The van der Waals surface area contributed by atoms with E-state index in [4.69, 9.17) is 4.74 Å². The van der Waals surface area contributed by atoms with Gasteiger partial charge in [0.25, 0.3) is 11.8 Å². The summed E-state index contributed by atoms with van der Waals surface area (Å²) in [6, 6.07) is 6.75. The molecule has 122 valence electrons. The zero-order valence-corrected chi connectivity index (χ0v) is 12.2. The van der Waals surface area contributed by atoms with Crippen LogP contribution in [-0.2, 0) is 4.79 Å². The third kappa shape index (κ3) is 2.41. The molecule has 0 radical (unpaired) electrons. The Morgan fingerprint density at radius 2 is 2.13 bits per heavy atom. The molecule has 1 amide bonds. The highest BCUT2D eigenvalue weighted by molar-refractivity contribution is 6.09. The lowest BCUT2D eigenvalue weighted by Gasteiger charge is -2.32. The summed E-state index contributed by atoms with van der Waals surface area (Å²) in [6.45, 7) is 1.55. The summed E-state index contributed by atoms with van der Waals surface area (Å²) in [5.41, 5.74) is -0.263. The monoisotopic (exact) mass is 325 g/mol. The SMILES string of the molecule is CC1=C(F)C(O)(F)C(F)C=C1C(=O)N1CCOc2ccccc21. The Bertz CT molecular complexity index is 727. The van der Waals surface area contributed by atoms with E-state index in [1.54, 1.807) is 24.3 Å². The smallest absolute Gasteiger partial charge is 0.294 e. The fraction of sp³-hybridized carbons (Fsp3) is 0.312. The number of alkyl halides is 2. The number of nitrogens with zero attached hydrogens (tertiary/aromatic N) is 1. The van der Waals surface area contributed by atoms with Gasteiger partial charge in [0.05, 0.1) is 12.2 Å². The van der Waals surface area contributed by atoms with E-state index < -0.39 is 29.3 Å². The third-order valence-corrected chi connectivity index (χ3v) is 3.92. The zero-order valence-electron chi connectivity index (χ0n) is 12.2. The van der Waals surface area contributed by atoms with Crippen LogP contribution in [0.3, 0.4) is 0 Å². The number of fused-ring (bicyclic) bond motifs is 1. The van der Waals surface area contributed by atoms with Crippen LogP contribution in [0.25, 0.3) is 0 Å². The van der Waals surface area contributed by atoms with Crippen LogP contribution in [0.4, 0.5) is 18.9 Å². The lowest BCUT2D eigenvalue weighted by molar-refractivity contribution is -0.119. The van der Waals surface area contributed by atoms with Crippen LogP contribution in [0.1, 0.15) is 6.92 Å². The Balaban J connectivity index is 2.00. The van der Waals surface area contributed by atoms with Crippen LogP contribution in [0.15, 0.2) is 47.3 Å². The molecule has 0 saturated heterocycles. The first-order valence-electron chi connectivity index (χ1n) is 7.02. The van der Waals surface area contributed by atoms with Gasteiger partial charge in [0.15, 0.2) is 12.0 Å². The van der Waals surface area contributed by atoms with Gasteiger partial charge in [0, 0.05) is 5.57 Å². The van der Waals surface area contributed by atoms with Gasteiger partial charge in [-0.1, -0.05) is 12.1 Å². The molecule has 1 aromatic carbocycles. The highest BCUT2D eigenvalue weighted by Crippen LogP contribution is 2.39. The van der Waals surface area contributed by atoms with Crippen LogP contribution in [0.5, 0.6) is 5.75 Å². The number of hydrogen-bond donors (Lipinski definition) is 1. The molecule has 2 atom stereocenters. The highest BCUT2D eigenvalue weighted by atomic mass is 19.2. The molecule has 0 aromatic heterocycles. The molecule has 1 aromatic rings. The summed E-state index contributed by atoms with van der Waals surface area (Å²) >= 11 is 0. The Hall–Kier alpha value is -2.28. The molecule has 1 N–H and O–H groups in total. The van der Waals surface area contributed by atoms with Gasteiger partial charge in [-0.2, -0.15) is 0 Å². The van der Waals surface area contributed by atoms with E-state index in [2.05, 4.69) is 0 Å². The van der Waals surface area contributed by atoms with E-state index in [9.17, 15) is 23.1 Å². The zero-order chi connectivity index (χ0) is 16.8. The first kappa shape index (κ1) is 15.6. The number of ether oxygens (including phenoxy) is 1. The quantitative estimate of drug-likeness (QED) is 0.863. The molecule has 3 rings (SSSR count). The van der Waals surface area contributed by atoms with E-state index in [1.807, 2.05) is 0 Å². The molecular formula is C16H14F3NO3. The lowest BCUT2D eigenvalue weighted by Crippen LogP contribution is -2.43. The van der Waals surface area contributed by atoms with Gasteiger partial charge in [0.2, 0.25) is 0 Å². The normalized spacial score (nSPS) is 27.3. The second kappa shape index (κ2) is 5.42. The van der Waals surface area contributed by atoms with Crippen LogP contribution in [0, 0.1) is 0 Å². The van der Waals surface area contributed by atoms with E-state index in [0.717, 1.165) is 6.92 Å². The average molecular weight is 325 g/mol. The number of benzene rings is 1. The predicted octanol–water partition coefficient (Wildman–Crippen LogP) is 2.59. The minimum Gasteiger partial charge on any atom is -0.490 e. The first-order valence-corrected chi connectivity index (χ1v) is 7.02. The van der Waals surface area contributed by atoms with Gasteiger partial charge < -0.3 is 14.7 Å². The van der Waals surface area contributed by atoms with Gasteiger partial charge in [-0.05, 0) is 30.7 Å². The van der Waals surface area contributed by atoms with Crippen molar-refractivity contribution < 1.29 is 27.8 Å². The number of para-hydroxylation sites is 2. The van der Waals surface area contributed by atoms with E-state index in [0.29, 0.717) is 17.5 Å². The molecule has 7 heteroatoms. The van der Waals surface area contributed by atoms with Gasteiger partial charge in [-0.3, -0.25) is 4.79 Å². The van der Waals surface area contributed by atoms with Crippen molar-refractivity contribution >= 4 is 11.6 Å². The highest BCUT2D eigenvalue weighted by Gasteiger charge is 2.47. The van der Waals surface area contributed by atoms with Crippen LogP contribution >= 0.6 is 0 Å². The molecule has 23 heavy (non-hydrogen) atoms. The van der Waals surface area contributed by atoms with Gasteiger partial charge in [-0.25, -0.2) is 13.2 Å². The molecule has 0 bridgehead atoms. The standard InChI is InChI=1S/C16H14F3NO3/c1-9-10(8-13(17)16(19,22)14(9)18)15(21)20-6-7-23-12-5-3-2-4-11(12)20/h2-5,8,13,22H,6-7H2,1H3. The molecule has 0 fully saturated rings. The Morgan fingerprint density at radius 3 is 2.87 bits per heavy atom. The number of hydrogen-bond acceptors (Lipinski definition) is 3. The summed E-state index contributed by atoms with van der Waals surface area (Å²) in [5.74, 6) is -5.62. The summed E-state index contributed by atoms with van der Waals surface area (Å²) in [7, 11) is 0. The molecule has 1 heterocycles. The molecule has 4 nitrogen and oxygen atoms in total. The maximum Gasteiger partial charge on any atom is 0.294 e. The van der Waals surface area contributed by atoms with Gasteiger partial charge >= 0.3 is 0 Å². The van der Waals surface area contributed by atoms with Crippen molar-refractivity contribution in [3.8, 4) is 5.75 Å². The average Bonchev–Trinajstić information content (AvgIpc) is 2.55. The number of anilines is 1. The number of halogens is 3. The van der Waals surface area contributed by atoms with Crippen molar-refractivity contribution in [2.24, 2.45) is 0 Å². The van der Waals surface area contributed by atoms with Crippen LogP contribution < -0.4 is 9.64 Å². The van der Waals surface area contributed by atoms with Gasteiger partial charge in [0.1, 0.15) is 12.4 Å². The maximum atomic E-state index is 13.9. The van der Waals surface area contributed by atoms with E-state index in [-0.39, 0.29) is 18.7 Å². The molecule has 2 unspecified atom stereocenters. The minimum absolute atomic E-state index is 0.193. The Kier molecular flexibility index (Phi) is 3.68. The van der Waals surface area contributed by atoms with E-state index in [1.165, 1.54) is 4.90 Å². The summed E-state index contributed by atoms with van der Waals surface area (Å²) in [5, 5.41) is 9.19. The van der Waals surface area contributed by atoms with E-state index >= 15 is 0 Å². The lowest BCUT2D eigenvalue weighted by atomic mass is 9.92. The topological polar surface area (TPSA) is 49.8 Å². The fourth-order valence-electron chi connectivity index (χ4n) is 2.64. The summed E-state index contributed by atoms with van der Waals surface area (Å²) in [4.78, 5) is 14.0. The molecule has 0 spiro atoms. The minimum atomic E-state index is -3.74. The summed E-state index contributed by atoms with van der Waals surface area (Å²) in [6.07, 6.45) is -2.04. The molecule has 1 aliphatic heterocycles. The summed E-state index contributed by atoms with van der Waals surface area (Å²) < 4.78 is 46.5. The second-order valence-electron chi connectivity index (χ2n) is 5.37. The van der Waals surface area contributed by atoms with Crippen molar-refractivity contribution in [2.75, 3.05) is 18.1 Å². The van der Waals surface area contributed by atoms with Crippen molar-refractivity contribution in [1.29, 1.82) is 0 Å². The van der Waals surface area contributed by atoms with Crippen LogP contribution in [0.2, 0.25) is 0 Å².